The number of aliphatic carboxylic acids is 1. The van der Waals surface area contributed by atoms with E-state index in [9.17, 15) is 4.79 Å². The van der Waals surface area contributed by atoms with Gasteiger partial charge in [-0.2, -0.15) is 0 Å². The Morgan fingerprint density at radius 2 is 1.15 bits per heavy atom. The Balaban J connectivity index is 0.000000679. The van der Waals surface area contributed by atoms with Crippen molar-refractivity contribution in [3.63, 3.8) is 0 Å². The zero-order valence-corrected chi connectivity index (χ0v) is 24.1. The Morgan fingerprint density at radius 3 is 1.47 bits per heavy atom. The second kappa shape index (κ2) is 19.4. The molecule has 1 saturated heterocycles. The van der Waals surface area contributed by atoms with Gasteiger partial charge in [-0.1, -0.05) is 110 Å². The van der Waals surface area contributed by atoms with Gasteiger partial charge in [-0.3, -0.25) is 9.69 Å². The molecule has 0 aliphatic carbocycles. The van der Waals surface area contributed by atoms with E-state index in [0.29, 0.717) is 17.5 Å². The van der Waals surface area contributed by atoms with Crippen LogP contribution in [0.4, 0.5) is 0 Å². The molecule has 0 aromatic carbocycles. The predicted molar refractivity (Wildman–Crippen MR) is 151 cm³/mol. The number of nitrogens with zero attached hydrogens (tertiary/aromatic N) is 1. The number of carboxylic acid groups (broad SMARTS) is 1. The summed E-state index contributed by atoms with van der Waals surface area (Å²) in [5, 5.41) is 8.52. The first-order chi connectivity index (χ1) is 16.1. The first-order valence-corrected chi connectivity index (χ1v) is 14.7. The number of rotatable bonds is 18. The normalized spacial score (nSPS) is 17.7. The third-order valence-corrected chi connectivity index (χ3v) is 7.46. The van der Waals surface area contributed by atoms with Crippen LogP contribution in [-0.4, -0.2) is 33.6 Å². The number of hydrogen-bond donors (Lipinski definition) is 1. The number of likely N-dealkylation sites (tertiary alicyclic amines) is 1. The summed E-state index contributed by atoms with van der Waals surface area (Å²) in [6.07, 6.45) is 24.8. The van der Waals surface area contributed by atoms with Crippen molar-refractivity contribution < 1.29 is 9.90 Å². The molecule has 0 atom stereocenters. The van der Waals surface area contributed by atoms with E-state index in [1.54, 1.807) is 0 Å². The van der Waals surface area contributed by atoms with Crippen molar-refractivity contribution in [2.45, 2.75) is 168 Å². The maximum atomic E-state index is 10.3. The predicted octanol–water partition coefficient (Wildman–Crippen LogP) is 9.79. The van der Waals surface area contributed by atoms with Gasteiger partial charge in [0.15, 0.2) is 0 Å². The molecule has 0 spiro atoms. The molecule has 0 saturated carbocycles. The van der Waals surface area contributed by atoms with Gasteiger partial charge in [0.1, 0.15) is 0 Å². The van der Waals surface area contributed by atoms with Gasteiger partial charge in [-0.15, -0.1) is 6.58 Å². The molecular weight excluding hydrogens is 418 g/mol. The summed E-state index contributed by atoms with van der Waals surface area (Å²) in [5.74, 6) is 0.181. The molecule has 1 heterocycles. The second-order valence-electron chi connectivity index (χ2n) is 12.1. The minimum absolute atomic E-state index is 0.315. The number of carboxylic acids is 1. The Labute approximate surface area is 214 Å². The van der Waals surface area contributed by atoms with E-state index >= 15 is 0 Å². The smallest absolute Gasteiger partial charge is 0.303 e. The van der Waals surface area contributed by atoms with Crippen LogP contribution >= 0.6 is 0 Å². The third-order valence-electron chi connectivity index (χ3n) is 7.46. The first-order valence-electron chi connectivity index (χ1n) is 14.7. The van der Waals surface area contributed by atoms with Crippen LogP contribution < -0.4 is 0 Å². The minimum atomic E-state index is -0.653. The Morgan fingerprint density at radius 1 is 0.794 bits per heavy atom. The molecule has 0 radical (unpaired) electrons. The molecule has 0 aromatic heterocycles. The molecule has 34 heavy (non-hydrogen) atoms. The van der Waals surface area contributed by atoms with Crippen LogP contribution in [0.15, 0.2) is 12.7 Å². The van der Waals surface area contributed by atoms with Crippen LogP contribution in [0.2, 0.25) is 0 Å². The van der Waals surface area contributed by atoms with E-state index in [1.165, 1.54) is 96.3 Å². The Kier molecular flexibility index (Phi) is 18.9. The monoisotopic (exact) mass is 479 g/mol. The summed E-state index contributed by atoms with van der Waals surface area (Å²) in [6.45, 7) is 18.9. The van der Waals surface area contributed by atoms with Crippen LogP contribution in [0.5, 0.6) is 0 Å². The van der Waals surface area contributed by atoms with E-state index in [4.69, 9.17) is 5.11 Å². The summed E-state index contributed by atoms with van der Waals surface area (Å²) < 4.78 is 0. The Bertz CT molecular complexity index is 494. The molecule has 0 aromatic rings. The lowest BCUT2D eigenvalue weighted by atomic mass is 9.74. The average molecular weight is 480 g/mol. The maximum absolute atomic E-state index is 10.3. The molecule has 0 unspecified atom stereocenters. The van der Waals surface area contributed by atoms with E-state index in [-0.39, 0.29) is 0 Å². The highest BCUT2D eigenvalue weighted by Crippen LogP contribution is 2.40. The van der Waals surface area contributed by atoms with Crippen molar-refractivity contribution >= 4 is 5.97 Å². The zero-order chi connectivity index (χ0) is 25.9. The molecule has 1 aliphatic heterocycles. The fourth-order valence-corrected chi connectivity index (χ4v) is 6.09. The maximum Gasteiger partial charge on any atom is 0.303 e. The SMILES string of the molecule is C=CCN1C(C)(C)CC(C)CC1(C)C.CCCCCCCCCCCCCCCCCC(=O)O. The molecule has 202 valence electrons. The van der Waals surface area contributed by atoms with E-state index < -0.39 is 5.97 Å². The summed E-state index contributed by atoms with van der Waals surface area (Å²) in [7, 11) is 0. The van der Waals surface area contributed by atoms with Gasteiger partial charge in [0.25, 0.3) is 0 Å². The van der Waals surface area contributed by atoms with Crippen molar-refractivity contribution in [1.82, 2.24) is 4.90 Å². The van der Waals surface area contributed by atoms with Crippen molar-refractivity contribution in [2.24, 2.45) is 5.92 Å². The number of piperidine rings is 1. The van der Waals surface area contributed by atoms with Crippen LogP contribution in [-0.2, 0) is 4.79 Å². The average Bonchev–Trinajstić information content (AvgIpc) is 2.73. The topological polar surface area (TPSA) is 40.5 Å². The van der Waals surface area contributed by atoms with E-state index in [2.05, 4.69) is 53.0 Å². The summed E-state index contributed by atoms with van der Waals surface area (Å²) in [6, 6.07) is 0. The number of carbonyl (C=O) groups is 1. The molecule has 1 fully saturated rings. The van der Waals surface area contributed by atoms with Crippen molar-refractivity contribution in [2.75, 3.05) is 6.54 Å². The molecule has 1 aliphatic rings. The highest BCUT2D eigenvalue weighted by molar-refractivity contribution is 5.66. The largest absolute Gasteiger partial charge is 0.481 e. The summed E-state index contributed by atoms with van der Waals surface area (Å²) in [5.41, 5.74) is 0.630. The number of hydrogen-bond acceptors (Lipinski definition) is 2. The fraction of sp³-hybridized carbons (Fsp3) is 0.903. The van der Waals surface area contributed by atoms with Crippen molar-refractivity contribution in [3.05, 3.63) is 12.7 Å². The highest BCUT2D eigenvalue weighted by Gasteiger charge is 2.42. The summed E-state index contributed by atoms with van der Waals surface area (Å²) in [4.78, 5) is 12.9. The molecule has 3 nitrogen and oxygen atoms in total. The van der Waals surface area contributed by atoms with Crippen LogP contribution in [0, 0.1) is 5.92 Å². The van der Waals surface area contributed by atoms with Crippen LogP contribution in [0.1, 0.15) is 157 Å². The molecule has 0 amide bonds. The van der Waals surface area contributed by atoms with Gasteiger partial charge >= 0.3 is 5.97 Å². The minimum Gasteiger partial charge on any atom is -0.481 e. The molecule has 1 N–H and O–H groups in total. The first kappa shape index (κ1) is 33.2. The quantitative estimate of drug-likeness (QED) is 0.157. The molecule has 0 bridgehead atoms. The van der Waals surface area contributed by atoms with Gasteiger partial charge in [0.05, 0.1) is 0 Å². The zero-order valence-electron chi connectivity index (χ0n) is 24.1. The molecule has 3 heteroatoms. The van der Waals surface area contributed by atoms with Gasteiger partial charge in [0.2, 0.25) is 0 Å². The van der Waals surface area contributed by atoms with Crippen LogP contribution in [0.25, 0.3) is 0 Å². The van der Waals surface area contributed by atoms with Gasteiger partial charge in [-0.05, 0) is 52.9 Å². The van der Waals surface area contributed by atoms with E-state index in [1.807, 2.05) is 6.08 Å². The van der Waals surface area contributed by atoms with Crippen molar-refractivity contribution in [3.8, 4) is 0 Å². The standard InChI is InChI=1S/C18H36O2.C13H25N/c1-2-3-4-5-6-7-8-9-10-11-12-13-14-15-16-17-18(19)20;1-7-8-14-12(3,4)9-11(2)10-13(14,5)6/h2-17H2,1H3,(H,19,20);7,11H,1,8-10H2,2-6H3. The van der Waals surface area contributed by atoms with Crippen molar-refractivity contribution in [1.29, 1.82) is 0 Å². The molecule has 1 rings (SSSR count). The second-order valence-corrected chi connectivity index (χ2v) is 12.1. The third kappa shape index (κ3) is 16.7. The highest BCUT2D eigenvalue weighted by atomic mass is 16.4. The van der Waals surface area contributed by atoms with E-state index in [0.717, 1.165) is 25.3 Å². The molecular formula is C31H61NO2. The lowest BCUT2D eigenvalue weighted by Crippen LogP contribution is -2.60. The summed E-state index contributed by atoms with van der Waals surface area (Å²) >= 11 is 0. The Hall–Kier alpha value is -0.830. The van der Waals surface area contributed by atoms with Gasteiger partial charge in [-0.25, -0.2) is 0 Å². The lowest BCUT2D eigenvalue weighted by molar-refractivity contribution is -0.137. The lowest BCUT2D eigenvalue weighted by Gasteiger charge is -2.54. The van der Waals surface area contributed by atoms with Gasteiger partial charge in [0, 0.05) is 24.0 Å². The number of unbranched alkanes of at least 4 members (excludes halogenated alkanes) is 14. The van der Waals surface area contributed by atoms with Crippen LogP contribution in [0.3, 0.4) is 0 Å². The fourth-order valence-electron chi connectivity index (χ4n) is 6.09. The van der Waals surface area contributed by atoms with Gasteiger partial charge < -0.3 is 5.11 Å².